The Morgan fingerprint density at radius 3 is 2.31 bits per heavy atom. The van der Waals surface area contributed by atoms with Gasteiger partial charge in [0.15, 0.2) is 0 Å². The number of nitrogens with zero attached hydrogens (tertiary/aromatic N) is 1. The van der Waals surface area contributed by atoms with Gasteiger partial charge in [-0.15, -0.1) is 0 Å². The van der Waals surface area contributed by atoms with Crippen LogP contribution in [0.3, 0.4) is 0 Å². The number of hydrogen-bond acceptors (Lipinski definition) is 4. The van der Waals surface area contributed by atoms with E-state index in [4.69, 9.17) is 9.47 Å². The number of urea groups is 1. The van der Waals surface area contributed by atoms with Gasteiger partial charge < -0.3 is 14.8 Å². The number of ether oxygens (including phenoxy) is 2. The molecule has 1 heterocycles. The van der Waals surface area contributed by atoms with Crippen molar-refractivity contribution in [2.75, 3.05) is 26.9 Å². The molecule has 0 bridgehead atoms. The third-order valence-electron chi connectivity index (χ3n) is 5.00. The third-order valence-corrected chi connectivity index (χ3v) is 5.00. The number of esters is 1. The molecule has 0 radical (unpaired) electrons. The van der Waals surface area contributed by atoms with Gasteiger partial charge in [-0.1, -0.05) is 54.6 Å². The summed E-state index contributed by atoms with van der Waals surface area (Å²) in [4.78, 5) is 26.9. The van der Waals surface area contributed by atoms with Crippen molar-refractivity contribution >= 4 is 12.0 Å². The maximum absolute atomic E-state index is 12.8. The topological polar surface area (TPSA) is 67.9 Å². The number of carbonyl (C=O) groups excluding carboxylic acids is 2. The number of carbonyl (C=O) groups is 2. The summed E-state index contributed by atoms with van der Waals surface area (Å²) < 4.78 is 10.3. The van der Waals surface area contributed by atoms with Crippen molar-refractivity contribution in [3.05, 3.63) is 71.4 Å². The van der Waals surface area contributed by atoms with Gasteiger partial charge in [-0.05, 0) is 30.5 Å². The van der Waals surface area contributed by atoms with Crippen molar-refractivity contribution in [1.29, 1.82) is 0 Å². The summed E-state index contributed by atoms with van der Waals surface area (Å²) in [6.07, 6.45) is 0. The lowest BCUT2D eigenvalue weighted by atomic mass is 9.93. The number of amides is 2. The molecule has 0 aliphatic carbocycles. The molecular formula is C23H26N2O4. The quantitative estimate of drug-likeness (QED) is 0.571. The number of methoxy groups -OCH3 is 1. The molecule has 0 saturated carbocycles. The molecule has 1 atom stereocenters. The lowest BCUT2D eigenvalue weighted by Crippen LogP contribution is -2.47. The Hall–Kier alpha value is -3.12. The zero-order chi connectivity index (χ0) is 20.8. The highest BCUT2D eigenvalue weighted by Crippen LogP contribution is 2.32. The highest BCUT2D eigenvalue weighted by Gasteiger charge is 2.35. The molecule has 29 heavy (non-hydrogen) atoms. The minimum Gasteiger partial charge on any atom is -0.460 e. The number of hydrogen-bond donors (Lipinski definition) is 1. The third kappa shape index (κ3) is 4.49. The highest BCUT2D eigenvalue weighted by molar-refractivity contribution is 5.95. The fourth-order valence-corrected chi connectivity index (χ4v) is 3.47. The second-order valence-corrected chi connectivity index (χ2v) is 6.74. The van der Waals surface area contributed by atoms with Crippen LogP contribution in [-0.4, -0.2) is 43.8 Å². The second kappa shape index (κ2) is 9.39. The molecule has 0 unspecified atom stereocenters. The van der Waals surface area contributed by atoms with Crippen molar-refractivity contribution in [2.24, 2.45) is 0 Å². The maximum atomic E-state index is 12.8. The number of benzene rings is 2. The zero-order valence-electron chi connectivity index (χ0n) is 17.0. The van der Waals surface area contributed by atoms with Gasteiger partial charge in [-0.3, -0.25) is 4.90 Å². The predicted molar refractivity (Wildman–Crippen MR) is 111 cm³/mol. The Kier molecular flexibility index (Phi) is 6.67. The van der Waals surface area contributed by atoms with Crippen LogP contribution in [0.1, 0.15) is 25.5 Å². The normalized spacial score (nSPS) is 16.6. The van der Waals surface area contributed by atoms with Crippen molar-refractivity contribution < 1.29 is 19.1 Å². The highest BCUT2D eigenvalue weighted by atomic mass is 16.6. The maximum Gasteiger partial charge on any atom is 0.338 e. The average molecular weight is 394 g/mol. The molecule has 2 amide bonds. The van der Waals surface area contributed by atoms with Crippen LogP contribution in [0.5, 0.6) is 0 Å². The Morgan fingerprint density at radius 1 is 1.03 bits per heavy atom. The lowest BCUT2D eigenvalue weighted by Gasteiger charge is -2.34. The first kappa shape index (κ1) is 20.6. The molecule has 6 heteroatoms. The SMILES string of the molecule is CCN1C(=O)N[C@H](c2ccc(-c3ccccc3)cc2)C(C(=O)OCCOC)=C1C. The molecule has 1 N–H and O–H groups in total. The summed E-state index contributed by atoms with van der Waals surface area (Å²) in [7, 11) is 1.55. The van der Waals surface area contributed by atoms with Gasteiger partial charge in [-0.25, -0.2) is 9.59 Å². The summed E-state index contributed by atoms with van der Waals surface area (Å²) in [6.45, 7) is 4.59. The summed E-state index contributed by atoms with van der Waals surface area (Å²) in [5.41, 5.74) is 4.05. The minimum atomic E-state index is -0.565. The van der Waals surface area contributed by atoms with E-state index in [2.05, 4.69) is 5.32 Å². The first-order valence-corrected chi connectivity index (χ1v) is 9.67. The Morgan fingerprint density at radius 2 is 1.69 bits per heavy atom. The standard InChI is InChI=1S/C23H26N2O4/c1-4-25-16(2)20(22(26)29-15-14-28-3)21(24-23(25)27)19-12-10-18(11-13-19)17-8-6-5-7-9-17/h5-13,21H,4,14-15H2,1-3H3,(H,24,27)/t21-/m1/s1. The Labute approximate surface area is 171 Å². The van der Waals surface area contributed by atoms with Gasteiger partial charge in [-0.2, -0.15) is 0 Å². The van der Waals surface area contributed by atoms with Crippen LogP contribution in [0.15, 0.2) is 65.9 Å². The zero-order valence-corrected chi connectivity index (χ0v) is 17.0. The van der Waals surface area contributed by atoms with E-state index in [1.165, 1.54) is 0 Å². The van der Waals surface area contributed by atoms with Gasteiger partial charge in [0.05, 0.1) is 18.2 Å². The van der Waals surface area contributed by atoms with E-state index >= 15 is 0 Å². The van der Waals surface area contributed by atoms with E-state index in [1.807, 2.05) is 61.5 Å². The molecule has 2 aromatic rings. The number of rotatable bonds is 7. The fraction of sp³-hybridized carbons (Fsp3) is 0.304. The summed E-state index contributed by atoms with van der Waals surface area (Å²) in [6, 6.07) is 17.1. The van der Waals surface area contributed by atoms with E-state index in [9.17, 15) is 9.59 Å². The van der Waals surface area contributed by atoms with E-state index in [0.717, 1.165) is 16.7 Å². The lowest BCUT2D eigenvalue weighted by molar-refractivity contribution is -0.140. The van der Waals surface area contributed by atoms with Gasteiger partial charge in [0.1, 0.15) is 6.61 Å². The van der Waals surface area contributed by atoms with Crippen LogP contribution < -0.4 is 5.32 Å². The molecule has 1 aliphatic rings. The monoisotopic (exact) mass is 394 g/mol. The molecule has 152 valence electrons. The van der Waals surface area contributed by atoms with E-state index in [0.29, 0.717) is 24.4 Å². The molecule has 1 aliphatic heterocycles. The molecule has 3 rings (SSSR count). The number of allylic oxidation sites excluding steroid dienone is 1. The van der Waals surface area contributed by atoms with E-state index < -0.39 is 12.0 Å². The summed E-state index contributed by atoms with van der Waals surface area (Å²) >= 11 is 0. The summed E-state index contributed by atoms with van der Waals surface area (Å²) in [5, 5.41) is 2.94. The van der Waals surface area contributed by atoms with Crippen molar-refractivity contribution in [3.63, 3.8) is 0 Å². The van der Waals surface area contributed by atoms with Crippen LogP contribution in [0, 0.1) is 0 Å². The first-order chi connectivity index (χ1) is 14.1. The van der Waals surface area contributed by atoms with Crippen molar-refractivity contribution in [2.45, 2.75) is 19.9 Å². The van der Waals surface area contributed by atoms with Crippen LogP contribution in [0.25, 0.3) is 11.1 Å². The van der Waals surface area contributed by atoms with Gasteiger partial charge in [0.2, 0.25) is 0 Å². The van der Waals surface area contributed by atoms with Gasteiger partial charge >= 0.3 is 12.0 Å². The molecule has 2 aromatic carbocycles. The predicted octanol–water partition coefficient (Wildman–Crippen LogP) is 3.90. The van der Waals surface area contributed by atoms with Crippen LogP contribution in [0.2, 0.25) is 0 Å². The molecule has 0 saturated heterocycles. The van der Waals surface area contributed by atoms with Gasteiger partial charge in [0.25, 0.3) is 0 Å². The Bertz CT molecular complexity index is 891. The van der Waals surface area contributed by atoms with Crippen molar-refractivity contribution in [3.8, 4) is 11.1 Å². The molecular weight excluding hydrogens is 368 g/mol. The second-order valence-electron chi connectivity index (χ2n) is 6.74. The van der Waals surface area contributed by atoms with E-state index in [1.54, 1.807) is 18.9 Å². The average Bonchev–Trinajstić information content (AvgIpc) is 2.74. The fourth-order valence-electron chi connectivity index (χ4n) is 3.47. The smallest absolute Gasteiger partial charge is 0.338 e. The van der Waals surface area contributed by atoms with Crippen LogP contribution in [-0.2, 0) is 14.3 Å². The van der Waals surface area contributed by atoms with Crippen LogP contribution in [0.4, 0.5) is 4.79 Å². The Balaban J connectivity index is 1.93. The molecule has 0 fully saturated rings. The van der Waals surface area contributed by atoms with Gasteiger partial charge in [0, 0.05) is 19.4 Å². The summed E-state index contributed by atoms with van der Waals surface area (Å²) in [5.74, 6) is -0.449. The van der Waals surface area contributed by atoms with Crippen molar-refractivity contribution in [1.82, 2.24) is 10.2 Å². The molecule has 0 spiro atoms. The minimum absolute atomic E-state index is 0.159. The molecule has 0 aromatic heterocycles. The molecule has 6 nitrogen and oxygen atoms in total. The van der Waals surface area contributed by atoms with Crippen LogP contribution >= 0.6 is 0 Å². The largest absolute Gasteiger partial charge is 0.460 e. The first-order valence-electron chi connectivity index (χ1n) is 9.67. The van der Waals surface area contributed by atoms with E-state index in [-0.39, 0.29) is 12.6 Å². The number of nitrogens with one attached hydrogen (secondary N) is 1.